The molecule has 0 bridgehead atoms. The van der Waals surface area contributed by atoms with Crippen LogP contribution >= 0.6 is 22.9 Å². The van der Waals surface area contributed by atoms with Crippen molar-refractivity contribution in [1.29, 1.82) is 5.26 Å². The highest BCUT2D eigenvalue weighted by Gasteiger charge is 2.14. The van der Waals surface area contributed by atoms with Gasteiger partial charge in [0.25, 0.3) is 0 Å². The second-order valence-electron chi connectivity index (χ2n) is 4.62. The molecule has 0 spiro atoms. The van der Waals surface area contributed by atoms with Gasteiger partial charge in [0.1, 0.15) is 17.4 Å². The van der Waals surface area contributed by atoms with Gasteiger partial charge in [0.15, 0.2) is 0 Å². The lowest BCUT2D eigenvalue weighted by molar-refractivity contribution is 0.305. The molecule has 2 rings (SSSR count). The summed E-state index contributed by atoms with van der Waals surface area (Å²) < 4.78 is 5.68. The summed E-state index contributed by atoms with van der Waals surface area (Å²) in [5, 5.41) is 10.3. The fraction of sp³-hybridized carbons (Fsp3) is 0.333. The number of ether oxygens (including phenoxy) is 1. The Morgan fingerprint density at radius 2 is 2.15 bits per heavy atom. The summed E-state index contributed by atoms with van der Waals surface area (Å²) in [4.78, 5) is 5.60. The van der Waals surface area contributed by atoms with Crippen molar-refractivity contribution in [2.45, 2.75) is 32.8 Å². The van der Waals surface area contributed by atoms with E-state index < -0.39 is 0 Å². The Balaban J connectivity index is 2.12. The van der Waals surface area contributed by atoms with Crippen LogP contribution in [0.1, 0.15) is 35.3 Å². The van der Waals surface area contributed by atoms with E-state index in [0.717, 1.165) is 15.6 Å². The van der Waals surface area contributed by atoms with Crippen molar-refractivity contribution in [1.82, 2.24) is 4.98 Å². The van der Waals surface area contributed by atoms with E-state index in [1.165, 1.54) is 11.3 Å². The number of para-hydroxylation sites is 1. The third-order valence-corrected chi connectivity index (χ3v) is 4.10. The van der Waals surface area contributed by atoms with Gasteiger partial charge >= 0.3 is 0 Å². The van der Waals surface area contributed by atoms with Crippen LogP contribution in [0.5, 0.6) is 5.75 Å². The van der Waals surface area contributed by atoms with Crippen molar-refractivity contribution >= 4 is 22.9 Å². The molecule has 1 aromatic carbocycles. The highest BCUT2D eigenvalue weighted by atomic mass is 35.5. The Kier molecular flexibility index (Phi) is 4.99. The molecule has 0 saturated carbocycles. The Morgan fingerprint density at radius 1 is 1.40 bits per heavy atom. The predicted octanol–water partition coefficient (Wildman–Crippen LogP) is 4.56. The van der Waals surface area contributed by atoms with Crippen LogP contribution in [0.4, 0.5) is 0 Å². The van der Waals surface area contributed by atoms with E-state index >= 15 is 0 Å². The molecule has 1 aromatic heterocycles. The molecule has 0 unspecified atom stereocenters. The van der Waals surface area contributed by atoms with Gasteiger partial charge in [-0.25, -0.2) is 4.98 Å². The summed E-state index contributed by atoms with van der Waals surface area (Å²) in [6.45, 7) is 4.53. The molecule has 0 atom stereocenters. The molecule has 0 aliphatic rings. The summed E-state index contributed by atoms with van der Waals surface area (Å²) in [5.74, 6) is 0.959. The first-order valence-electron chi connectivity index (χ1n) is 6.34. The van der Waals surface area contributed by atoms with Gasteiger partial charge in [0, 0.05) is 4.88 Å². The third kappa shape index (κ3) is 3.50. The molecule has 20 heavy (non-hydrogen) atoms. The monoisotopic (exact) mass is 306 g/mol. The summed E-state index contributed by atoms with van der Waals surface area (Å²) in [7, 11) is 0. The fourth-order valence-electron chi connectivity index (χ4n) is 1.83. The highest BCUT2D eigenvalue weighted by molar-refractivity contribution is 7.11. The van der Waals surface area contributed by atoms with Crippen molar-refractivity contribution < 1.29 is 4.74 Å². The van der Waals surface area contributed by atoms with Gasteiger partial charge in [-0.3, -0.25) is 0 Å². The molecule has 0 radical (unpaired) electrons. The maximum absolute atomic E-state index is 8.86. The van der Waals surface area contributed by atoms with Crippen molar-refractivity contribution in [3.8, 4) is 11.8 Å². The Bertz CT molecular complexity index is 631. The first kappa shape index (κ1) is 14.8. The van der Waals surface area contributed by atoms with Gasteiger partial charge in [-0.05, 0) is 18.1 Å². The van der Waals surface area contributed by atoms with E-state index in [9.17, 15) is 0 Å². The Morgan fingerprint density at radius 3 is 2.80 bits per heavy atom. The molecule has 5 heteroatoms. The van der Waals surface area contributed by atoms with Gasteiger partial charge in [-0.1, -0.05) is 37.6 Å². The third-order valence-electron chi connectivity index (χ3n) is 2.75. The molecule has 0 aliphatic heterocycles. The summed E-state index contributed by atoms with van der Waals surface area (Å²) in [5.41, 5.74) is 0.995. The average Bonchev–Trinajstić information content (AvgIpc) is 2.82. The summed E-state index contributed by atoms with van der Waals surface area (Å²) in [6, 6.07) is 9.54. The number of rotatable bonds is 5. The molecule has 0 aliphatic carbocycles. The minimum Gasteiger partial charge on any atom is -0.485 e. The molecule has 0 saturated heterocycles. The number of nitrogens with zero attached hydrogens (tertiary/aromatic N) is 2. The zero-order chi connectivity index (χ0) is 14.5. The number of thiazole rings is 1. The average molecular weight is 307 g/mol. The first-order chi connectivity index (χ1) is 9.61. The lowest BCUT2D eigenvalue weighted by Crippen LogP contribution is -1.97. The second kappa shape index (κ2) is 6.74. The number of aromatic nitrogens is 1. The Labute approximate surface area is 127 Å². The topological polar surface area (TPSA) is 45.9 Å². The van der Waals surface area contributed by atoms with Gasteiger partial charge < -0.3 is 4.74 Å². The number of hydrogen-bond acceptors (Lipinski definition) is 4. The van der Waals surface area contributed by atoms with Crippen LogP contribution in [-0.2, 0) is 13.0 Å². The van der Waals surface area contributed by atoms with Crippen molar-refractivity contribution in [3.05, 3.63) is 44.9 Å². The molecule has 3 nitrogen and oxygen atoms in total. The normalized spacial score (nSPS) is 10.6. The number of nitriles is 1. The molecule has 0 N–H and O–H groups in total. The van der Waals surface area contributed by atoms with Gasteiger partial charge in [0.2, 0.25) is 0 Å². The highest BCUT2D eigenvalue weighted by Crippen LogP contribution is 2.28. The van der Waals surface area contributed by atoms with Crippen LogP contribution < -0.4 is 4.74 Å². The zero-order valence-corrected chi connectivity index (χ0v) is 13.0. The summed E-state index contributed by atoms with van der Waals surface area (Å²) >= 11 is 7.58. The van der Waals surface area contributed by atoms with Gasteiger partial charge in [-0.2, -0.15) is 5.26 Å². The fourth-order valence-corrected chi connectivity index (χ4v) is 3.09. The van der Waals surface area contributed by atoms with E-state index in [2.05, 4.69) is 24.9 Å². The van der Waals surface area contributed by atoms with Crippen LogP contribution in [0, 0.1) is 11.3 Å². The predicted molar refractivity (Wildman–Crippen MR) is 81.3 cm³/mol. The van der Waals surface area contributed by atoms with Crippen molar-refractivity contribution in [2.24, 2.45) is 0 Å². The smallest absolute Gasteiger partial charge is 0.140 e. The maximum atomic E-state index is 8.86. The largest absolute Gasteiger partial charge is 0.485 e. The van der Waals surface area contributed by atoms with Crippen LogP contribution in [0.3, 0.4) is 0 Å². The molecule has 0 fully saturated rings. The standard InChI is InChI=1S/C15H15ClN2OS/c1-10(2)15-13(7-8-17)20-14(18-15)9-19-12-6-4-3-5-11(12)16/h3-6,10H,7,9H2,1-2H3. The van der Waals surface area contributed by atoms with E-state index in [0.29, 0.717) is 29.7 Å². The van der Waals surface area contributed by atoms with Crippen LogP contribution in [0.15, 0.2) is 24.3 Å². The Hall–Kier alpha value is -1.57. The van der Waals surface area contributed by atoms with Crippen LogP contribution in [0.2, 0.25) is 5.02 Å². The van der Waals surface area contributed by atoms with E-state index in [1.54, 1.807) is 6.07 Å². The lowest BCUT2D eigenvalue weighted by Gasteiger charge is -2.05. The molecular weight excluding hydrogens is 292 g/mol. The lowest BCUT2D eigenvalue weighted by atomic mass is 10.1. The minimum atomic E-state index is 0.309. The number of benzene rings is 1. The second-order valence-corrected chi connectivity index (χ2v) is 6.20. The van der Waals surface area contributed by atoms with Crippen molar-refractivity contribution in [2.75, 3.05) is 0 Å². The van der Waals surface area contributed by atoms with Gasteiger partial charge in [0.05, 0.1) is 23.2 Å². The van der Waals surface area contributed by atoms with Crippen LogP contribution in [-0.4, -0.2) is 4.98 Å². The summed E-state index contributed by atoms with van der Waals surface area (Å²) in [6.07, 6.45) is 0.400. The SMILES string of the molecule is CC(C)c1nc(COc2ccccc2Cl)sc1CC#N. The molecule has 0 amide bonds. The first-order valence-corrected chi connectivity index (χ1v) is 7.54. The van der Waals surface area contributed by atoms with Crippen LogP contribution in [0.25, 0.3) is 0 Å². The molecular formula is C15H15ClN2OS. The molecule has 104 valence electrons. The van der Waals surface area contributed by atoms with E-state index in [-0.39, 0.29) is 0 Å². The minimum absolute atomic E-state index is 0.309. The van der Waals surface area contributed by atoms with Gasteiger partial charge in [-0.15, -0.1) is 11.3 Å². The zero-order valence-electron chi connectivity index (χ0n) is 11.4. The van der Waals surface area contributed by atoms with E-state index in [1.807, 2.05) is 18.2 Å². The van der Waals surface area contributed by atoms with Crippen molar-refractivity contribution in [3.63, 3.8) is 0 Å². The van der Waals surface area contributed by atoms with E-state index in [4.69, 9.17) is 21.6 Å². The number of hydrogen-bond donors (Lipinski definition) is 0. The number of halogens is 1. The molecule has 1 heterocycles. The quantitative estimate of drug-likeness (QED) is 0.813. The maximum Gasteiger partial charge on any atom is 0.140 e. The molecule has 2 aromatic rings.